The molecule has 17 heavy (non-hydrogen) atoms. The van der Waals surface area contributed by atoms with Gasteiger partial charge in [0.25, 0.3) is 0 Å². The molecule has 2 aromatic heterocycles. The highest BCUT2D eigenvalue weighted by Crippen LogP contribution is 2.27. The minimum atomic E-state index is 0.222. The molecule has 0 spiro atoms. The summed E-state index contributed by atoms with van der Waals surface area (Å²) in [4.78, 5) is 9.65. The summed E-state index contributed by atoms with van der Waals surface area (Å²) in [6, 6.07) is 3.95. The lowest BCUT2D eigenvalue weighted by Gasteiger charge is -2.14. The van der Waals surface area contributed by atoms with Crippen LogP contribution in [0, 0.1) is 13.8 Å². The highest BCUT2D eigenvalue weighted by atomic mass is 35.5. The van der Waals surface area contributed by atoms with Gasteiger partial charge in [-0.1, -0.05) is 11.6 Å². The van der Waals surface area contributed by atoms with E-state index >= 15 is 0 Å². The Hall–Kier alpha value is -1.13. The van der Waals surface area contributed by atoms with Gasteiger partial charge >= 0.3 is 0 Å². The summed E-state index contributed by atoms with van der Waals surface area (Å²) in [5.41, 5.74) is 2.07. The van der Waals surface area contributed by atoms with Crippen molar-refractivity contribution in [3.8, 4) is 0 Å². The van der Waals surface area contributed by atoms with Crippen molar-refractivity contribution < 1.29 is 0 Å². The number of nitrogens with zero attached hydrogens (tertiary/aromatic N) is 2. The number of rotatable bonds is 3. The lowest BCUT2D eigenvalue weighted by molar-refractivity contribution is 0.889. The molecule has 2 heterocycles. The first-order chi connectivity index (χ1) is 8.06. The average Bonchev–Trinajstić information content (AvgIpc) is 2.58. The second kappa shape index (κ2) is 5.02. The topological polar surface area (TPSA) is 37.8 Å². The van der Waals surface area contributed by atoms with E-state index in [2.05, 4.69) is 22.2 Å². The van der Waals surface area contributed by atoms with E-state index in [4.69, 9.17) is 11.6 Å². The van der Waals surface area contributed by atoms with Crippen LogP contribution >= 0.6 is 22.9 Å². The van der Waals surface area contributed by atoms with Gasteiger partial charge in [0.2, 0.25) is 0 Å². The molecule has 0 saturated heterocycles. The molecule has 5 heteroatoms. The Morgan fingerprint density at radius 2 is 2.18 bits per heavy atom. The van der Waals surface area contributed by atoms with E-state index in [1.165, 1.54) is 4.88 Å². The first-order valence-electron chi connectivity index (χ1n) is 5.38. The highest BCUT2D eigenvalue weighted by molar-refractivity contribution is 7.11. The Morgan fingerprint density at radius 1 is 1.41 bits per heavy atom. The molecule has 0 aromatic carbocycles. The quantitative estimate of drug-likeness (QED) is 0.855. The van der Waals surface area contributed by atoms with Crippen LogP contribution in [0.25, 0.3) is 0 Å². The van der Waals surface area contributed by atoms with Crippen molar-refractivity contribution in [1.29, 1.82) is 0 Å². The molecule has 0 amide bonds. The van der Waals surface area contributed by atoms with Gasteiger partial charge in [-0.3, -0.25) is 0 Å². The summed E-state index contributed by atoms with van der Waals surface area (Å²) in [7, 11) is 0. The van der Waals surface area contributed by atoms with E-state index in [9.17, 15) is 0 Å². The number of nitrogens with one attached hydrogen (secondary N) is 1. The van der Waals surface area contributed by atoms with Gasteiger partial charge in [-0.25, -0.2) is 9.97 Å². The number of halogens is 1. The van der Waals surface area contributed by atoms with Crippen LogP contribution in [-0.2, 0) is 0 Å². The maximum atomic E-state index is 5.85. The lowest BCUT2D eigenvalue weighted by atomic mass is 10.2. The molecule has 0 bridgehead atoms. The molecule has 0 saturated carbocycles. The Bertz CT molecular complexity index is 524. The van der Waals surface area contributed by atoms with Crippen molar-refractivity contribution in [3.05, 3.63) is 39.1 Å². The highest BCUT2D eigenvalue weighted by Gasteiger charge is 2.12. The fourth-order valence-corrected chi connectivity index (χ4v) is 2.86. The van der Waals surface area contributed by atoms with Crippen LogP contribution in [0.5, 0.6) is 0 Å². The smallest absolute Gasteiger partial charge is 0.131 e. The van der Waals surface area contributed by atoms with Crippen LogP contribution in [0.2, 0.25) is 5.15 Å². The van der Waals surface area contributed by atoms with E-state index < -0.39 is 0 Å². The van der Waals surface area contributed by atoms with Crippen molar-refractivity contribution in [3.63, 3.8) is 0 Å². The summed E-state index contributed by atoms with van der Waals surface area (Å²) in [5.74, 6) is 0. The summed E-state index contributed by atoms with van der Waals surface area (Å²) >= 11 is 7.57. The second-order valence-corrected chi connectivity index (χ2v) is 5.54. The third-order valence-electron chi connectivity index (χ3n) is 2.44. The number of hydrogen-bond acceptors (Lipinski definition) is 4. The molecule has 1 atom stereocenters. The molecule has 1 N–H and O–H groups in total. The Labute approximate surface area is 110 Å². The summed E-state index contributed by atoms with van der Waals surface area (Å²) in [6.45, 7) is 6.18. The summed E-state index contributed by atoms with van der Waals surface area (Å²) < 4.78 is 0. The Balaban J connectivity index is 2.16. The monoisotopic (exact) mass is 267 g/mol. The molecule has 1 unspecified atom stereocenters. The van der Waals surface area contributed by atoms with E-state index in [-0.39, 0.29) is 6.04 Å². The van der Waals surface area contributed by atoms with Crippen LogP contribution in [0.1, 0.15) is 28.5 Å². The zero-order chi connectivity index (χ0) is 12.4. The van der Waals surface area contributed by atoms with Crippen LogP contribution in [0.3, 0.4) is 0 Å². The minimum Gasteiger partial charge on any atom is -0.377 e. The first kappa shape index (κ1) is 12.3. The lowest BCUT2D eigenvalue weighted by Crippen LogP contribution is -2.06. The normalized spacial score (nSPS) is 12.5. The van der Waals surface area contributed by atoms with Gasteiger partial charge in [0, 0.05) is 16.8 Å². The fourth-order valence-electron chi connectivity index (χ4n) is 1.76. The van der Waals surface area contributed by atoms with Gasteiger partial charge in [0.15, 0.2) is 0 Å². The van der Waals surface area contributed by atoms with Crippen LogP contribution in [0.4, 0.5) is 5.69 Å². The first-order valence-corrected chi connectivity index (χ1v) is 6.57. The second-order valence-electron chi connectivity index (χ2n) is 3.92. The van der Waals surface area contributed by atoms with E-state index in [1.54, 1.807) is 17.5 Å². The maximum Gasteiger partial charge on any atom is 0.131 e. The van der Waals surface area contributed by atoms with Crippen LogP contribution in [0.15, 0.2) is 18.3 Å². The third-order valence-corrected chi connectivity index (χ3v) is 3.90. The number of pyridine rings is 1. The zero-order valence-electron chi connectivity index (χ0n) is 9.99. The third kappa shape index (κ3) is 2.96. The molecule has 3 nitrogen and oxygen atoms in total. The average molecular weight is 268 g/mol. The Morgan fingerprint density at radius 3 is 2.76 bits per heavy atom. The molecular formula is C12H14ClN3S. The SMILES string of the molecule is Cc1nc(C)c(C(C)Nc2ccnc(Cl)c2)s1. The molecule has 0 aliphatic rings. The van der Waals surface area contributed by atoms with Gasteiger partial charge < -0.3 is 5.32 Å². The molecule has 2 rings (SSSR count). The minimum absolute atomic E-state index is 0.222. The Kier molecular flexibility index (Phi) is 3.64. The van der Waals surface area contributed by atoms with E-state index in [1.807, 2.05) is 26.0 Å². The van der Waals surface area contributed by atoms with E-state index in [0.29, 0.717) is 5.15 Å². The van der Waals surface area contributed by atoms with Gasteiger partial charge in [-0.2, -0.15) is 0 Å². The molecule has 0 radical (unpaired) electrons. The largest absolute Gasteiger partial charge is 0.377 e. The molecule has 2 aromatic rings. The summed E-state index contributed by atoms with van der Waals surface area (Å²) in [5, 5.41) is 4.99. The number of anilines is 1. The number of aryl methyl sites for hydroxylation is 2. The molecule has 0 aliphatic heterocycles. The standard InChI is InChI=1S/C12H14ClN3S/c1-7-12(17-9(3)15-7)8(2)16-10-4-5-14-11(13)6-10/h4-6,8H,1-3H3,(H,14,16). The van der Waals surface area contributed by atoms with Crippen LogP contribution < -0.4 is 5.32 Å². The van der Waals surface area contributed by atoms with Crippen molar-refractivity contribution in [2.75, 3.05) is 5.32 Å². The predicted molar refractivity (Wildman–Crippen MR) is 72.9 cm³/mol. The van der Waals surface area contributed by atoms with Gasteiger partial charge in [-0.05, 0) is 32.9 Å². The zero-order valence-corrected chi connectivity index (χ0v) is 11.6. The fraction of sp³-hybridized carbons (Fsp3) is 0.333. The number of hydrogen-bond donors (Lipinski definition) is 1. The van der Waals surface area contributed by atoms with Crippen molar-refractivity contribution in [1.82, 2.24) is 9.97 Å². The number of thiazole rings is 1. The van der Waals surface area contributed by atoms with Crippen molar-refractivity contribution in [2.24, 2.45) is 0 Å². The van der Waals surface area contributed by atoms with Crippen LogP contribution in [-0.4, -0.2) is 9.97 Å². The van der Waals surface area contributed by atoms with Gasteiger partial charge in [0.1, 0.15) is 5.15 Å². The van der Waals surface area contributed by atoms with Crippen molar-refractivity contribution >= 4 is 28.6 Å². The molecule has 90 valence electrons. The molecule has 0 aliphatic carbocycles. The molecular weight excluding hydrogens is 254 g/mol. The summed E-state index contributed by atoms with van der Waals surface area (Å²) in [6.07, 6.45) is 1.70. The van der Waals surface area contributed by atoms with E-state index in [0.717, 1.165) is 16.4 Å². The van der Waals surface area contributed by atoms with Gasteiger partial charge in [0.05, 0.1) is 16.7 Å². The number of aromatic nitrogens is 2. The maximum absolute atomic E-state index is 5.85. The van der Waals surface area contributed by atoms with Gasteiger partial charge in [-0.15, -0.1) is 11.3 Å². The van der Waals surface area contributed by atoms with Crippen molar-refractivity contribution in [2.45, 2.75) is 26.8 Å². The molecule has 0 fully saturated rings. The predicted octanol–water partition coefficient (Wildman–Crippen LogP) is 3.98.